The molecule has 0 bridgehead atoms. The molecular formula is C21H15FN2O2. The van der Waals surface area contributed by atoms with Crippen molar-refractivity contribution in [2.45, 2.75) is 6.92 Å². The van der Waals surface area contributed by atoms with Gasteiger partial charge in [0.1, 0.15) is 17.3 Å². The SMILES string of the molecule is CC1=NN(c2ccccc2)C(=O)C1=Cc1ccc(-c2cccc(F)c2)o1. The second kappa shape index (κ2) is 6.44. The molecule has 1 aliphatic rings. The van der Waals surface area contributed by atoms with Crippen LogP contribution in [0.3, 0.4) is 0 Å². The van der Waals surface area contributed by atoms with Crippen LogP contribution in [0.4, 0.5) is 10.1 Å². The maximum atomic E-state index is 13.4. The molecular weight excluding hydrogens is 331 g/mol. The monoisotopic (exact) mass is 346 g/mol. The molecule has 2 aromatic carbocycles. The van der Waals surface area contributed by atoms with Gasteiger partial charge in [-0.05, 0) is 49.4 Å². The van der Waals surface area contributed by atoms with Gasteiger partial charge in [-0.3, -0.25) is 4.79 Å². The van der Waals surface area contributed by atoms with E-state index in [1.165, 1.54) is 17.1 Å². The Labute approximate surface area is 149 Å². The van der Waals surface area contributed by atoms with E-state index in [9.17, 15) is 9.18 Å². The number of hydrogen-bond acceptors (Lipinski definition) is 3. The number of nitrogens with zero attached hydrogens (tertiary/aromatic N) is 2. The van der Waals surface area contributed by atoms with Gasteiger partial charge >= 0.3 is 0 Å². The van der Waals surface area contributed by atoms with Crippen molar-refractivity contribution in [3.63, 3.8) is 0 Å². The Morgan fingerprint density at radius 1 is 1.04 bits per heavy atom. The van der Waals surface area contributed by atoms with Crippen LogP contribution in [0, 0.1) is 5.82 Å². The van der Waals surface area contributed by atoms with E-state index in [1.54, 1.807) is 37.3 Å². The molecule has 128 valence electrons. The Hall–Kier alpha value is -3.47. The van der Waals surface area contributed by atoms with E-state index in [0.29, 0.717) is 34.1 Å². The van der Waals surface area contributed by atoms with Gasteiger partial charge in [0.2, 0.25) is 0 Å². The average molecular weight is 346 g/mol. The number of para-hydroxylation sites is 1. The van der Waals surface area contributed by atoms with Crippen LogP contribution in [0.15, 0.2) is 81.8 Å². The molecule has 4 nitrogen and oxygen atoms in total. The van der Waals surface area contributed by atoms with Crippen molar-refractivity contribution in [2.24, 2.45) is 5.10 Å². The van der Waals surface area contributed by atoms with Gasteiger partial charge in [-0.1, -0.05) is 30.3 Å². The number of benzene rings is 2. The van der Waals surface area contributed by atoms with Crippen molar-refractivity contribution in [3.8, 4) is 11.3 Å². The summed E-state index contributed by atoms with van der Waals surface area (Å²) in [7, 11) is 0. The first-order chi connectivity index (χ1) is 12.6. The summed E-state index contributed by atoms with van der Waals surface area (Å²) in [6.45, 7) is 1.78. The Bertz CT molecular complexity index is 1030. The van der Waals surface area contributed by atoms with Gasteiger partial charge in [-0.15, -0.1) is 0 Å². The molecule has 0 N–H and O–H groups in total. The van der Waals surface area contributed by atoms with Crippen molar-refractivity contribution < 1.29 is 13.6 Å². The summed E-state index contributed by atoms with van der Waals surface area (Å²) in [4.78, 5) is 12.7. The van der Waals surface area contributed by atoms with Crippen LogP contribution in [-0.2, 0) is 4.79 Å². The van der Waals surface area contributed by atoms with Gasteiger partial charge in [-0.2, -0.15) is 10.1 Å². The van der Waals surface area contributed by atoms with E-state index in [1.807, 2.05) is 30.3 Å². The molecule has 0 saturated carbocycles. The van der Waals surface area contributed by atoms with Gasteiger partial charge in [0.05, 0.1) is 17.0 Å². The lowest BCUT2D eigenvalue weighted by Gasteiger charge is -2.10. The third kappa shape index (κ3) is 2.95. The molecule has 5 heteroatoms. The van der Waals surface area contributed by atoms with Gasteiger partial charge in [0.15, 0.2) is 0 Å². The second-order valence-electron chi connectivity index (χ2n) is 5.91. The van der Waals surface area contributed by atoms with Crippen molar-refractivity contribution >= 4 is 23.4 Å². The van der Waals surface area contributed by atoms with E-state index in [2.05, 4.69) is 5.10 Å². The van der Waals surface area contributed by atoms with Crippen molar-refractivity contribution in [2.75, 3.05) is 5.01 Å². The summed E-state index contributed by atoms with van der Waals surface area (Å²) in [5.41, 5.74) is 2.43. The fraction of sp³-hybridized carbons (Fsp3) is 0.0476. The second-order valence-corrected chi connectivity index (χ2v) is 5.91. The zero-order valence-electron chi connectivity index (χ0n) is 14.0. The lowest BCUT2D eigenvalue weighted by Crippen LogP contribution is -2.21. The quantitative estimate of drug-likeness (QED) is 0.634. The highest BCUT2D eigenvalue weighted by atomic mass is 19.1. The van der Waals surface area contributed by atoms with Crippen molar-refractivity contribution in [3.05, 3.63) is 83.9 Å². The molecule has 0 radical (unpaired) electrons. The number of halogens is 1. The molecule has 1 aliphatic heterocycles. The number of rotatable bonds is 3. The first kappa shape index (κ1) is 16.0. The number of carbonyl (C=O) groups excluding carboxylic acids is 1. The number of hydrogen-bond donors (Lipinski definition) is 0. The number of anilines is 1. The molecule has 26 heavy (non-hydrogen) atoms. The Morgan fingerprint density at radius 2 is 1.85 bits per heavy atom. The van der Waals surface area contributed by atoms with Crippen LogP contribution in [-0.4, -0.2) is 11.6 Å². The Morgan fingerprint density at radius 3 is 2.62 bits per heavy atom. The van der Waals surface area contributed by atoms with Crippen LogP contribution < -0.4 is 5.01 Å². The van der Waals surface area contributed by atoms with Crippen molar-refractivity contribution in [1.29, 1.82) is 0 Å². The van der Waals surface area contributed by atoms with E-state index in [-0.39, 0.29) is 11.7 Å². The van der Waals surface area contributed by atoms with E-state index in [4.69, 9.17) is 4.42 Å². The summed E-state index contributed by atoms with van der Waals surface area (Å²) < 4.78 is 19.1. The fourth-order valence-corrected chi connectivity index (χ4v) is 2.80. The smallest absolute Gasteiger partial charge is 0.280 e. The van der Waals surface area contributed by atoms with E-state index >= 15 is 0 Å². The standard InChI is InChI=1S/C21H15FN2O2/c1-14-19(21(25)24(23-14)17-8-3-2-4-9-17)13-18-10-11-20(26-18)15-6-5-7-16(22)12-15/h2-13H,1H3. The largest absolute Gasteiger partial charge is 0.457 e. The average Bonchev–Trinajstić information content (AvgIpc) is 3.23. The molecule has 0 unspecified atom stereocenters. The third-order valence-corrected chi connectivity index (χ3v) is 4.09. The van der Waals surface area contributed by atoms with E-state index < -0.39 is 0 Å². The molecule has 0 aliphatic carbocycles. The highest BCUT2D eigenvalue weighted by Crippen LogP contribution is 2.27. The highest BCUT2D eigenvalue weighted by Gasteiger charge is 2.28. The number of carbonyl (C=O) groups is 1. The van der Waals surface area contributed by atoms with Crippen LogP contribution in [0.1, 0.15) is 12.7 Å². The molecule has 1 amide bonds. The third-order valence-electron chi connectivity index (χ3n) is 4.09. The minimum atomic E-state index is -0.328. The van der Waals surface area contributed by atoms with Gasteiger partial charge < -0.3 is 4.42 Å². The summed E-state index contributed by atoms with van der Waals surface area (Å²) in [5, 5.41) is 5.71. The predicted molar refractivity (Wildman–Crippen MR) is 99.1 cm³/mol. The van der Waals surface area contributed by atoms with Crippen LogP contribution >= 0.6 is 0 Å². The van der Waals surface area contributed by atoms with Gasteiger partial charge in [0.25, 0.3) is 5.91 Å². The predicted octanol–water partition coefficient (Wildman–Crippen LogP) is 4.89. The molecule has 3 aromatic rings. The molecule has 0 spiro atoms. The summed E-state index contributed by atoms with van der Waals surface area (Å²) in [6, 6.07) is 18.9. The summed E-state index contributed by atoms with van der Waals surface area (Å²) >= 11 is 0. The zero-order valence-corrected chi connectivity index (χ0v) is 14.0. The van der Waals surface area contributed by atoms with E-state index in [0.717, 1.165) is 0 Å². The first-order valence-electron chi connectivity index (χ1n) is 8.14. The van der Waals surface area contributed by atoms with Gasteiger partial charge in [0, 0.05) is 5.56 Å². The normalized spacial score (nSPS) is 15.6. The maximum absolute atomic E-state index is 13.4. The van der Waals surface area contributed by atoms with Crippen LogP contribution in [0.2, 0.25) is 0 Å². The lowest BCUT2D eigenvalue weighted by molar-refractivity contribution is -0.114. The van der Waals surface area contributed by atoms with Gasteiger partial charge in [-0.25, -0.2) is 4.39 Å². The maximum Gasteiger partial charge on any atom is 0.280 e. The molecule has 0 saturated heterocycles. The Balaban J connectivity index is 1.63. The fourth-order valence-electron chi connectivity index (χ4n) is 2.80. The van der Waals surface area contributed by atoms with Crippen molar-refractivity contribution in [1.82, 2.24) is 0 Å². The molecule has 0 atom stereocenters. The topological polar surface area (TPSA) is 45.8 Å². The number of furan rings is 1. The van der Waals surface area contributed by atoms with Crippen LogP contribution in [0.25, 0.3) is 17.4 Å². The number of amides is 1. The summed E-state index contributed by atoms with van der Waals surface area (Å²) in [6.07, 6.45) is 1.66. The lowest BCUT2D eigenvalue weighted by atomic mass is 10.1. The molecule has 2 heterocycles. The van der Waals surface area contributed by atoms with Crippen LogP contribution in [0.5, 0.6) is 0 Å². The number of hydrazone groups is 1. The summed E-state index contributed by atoms with van der Waals surface area (Å²) in [5.74, 6) is 0.511. The minimum absolute atomic E-state index is 0.211. The minimum Gasteiger partial charge on any atom is -0.457 e. The molecule has 4 rings (SSSR count). The molecule has 1 aromatic heterocycles. The Kier molecular flexibility index (Phi) is 3.97. The molecule has 0 fully saturated rings. The highest BCUT2D eigenvalue weighted by molar-refractivity contribution is 6.32. The first-order valence-corrected chi connectivity index (χ1v) is 8.14. The zero-order chi connectivity index (χ0) is 18.1.